The van der Waals surface area contributed by atoms with Crippen LogP contribution in [0, 0.1) is 5.82 Å². The Morgan fingerprint density at radius 1 is 1.50 bits per heavy atom. The molecule has 0 saturated heterocycles. The Morgan fingerprint density at radius 3 is 2.83 bits per heavy atom. The standard InChI is InChI=1S/C10H16FN3O2S2/c1-3-4-12-10-13-7-8(11)9(14-10)17-5-6-18(2,15)16/h7H,3-6H2,1-2H3,(H,12,13,14). The Labute approximate surface area is 111 Å². The van der Waals surface area contributed by atoms with Crippen molar-refractivity contribution in [1.29, 1.82) is 0 Å². The van der Waals surface area contributed by atoms with Crippen LogP contribution in [0.25, 0.3) is 0 Å². The minimum Gasteiger partial charge on any atom is -0.354 e. The number of anilines is 1. The fourth-order valence-electron chi connectivity index (χ4n) is 1.06. The minimum atomic E-state index is -3.03. The molecule has 0 aliphatic heterocycles. The molecule has 0 radical (unpaired) electrons. The smallest absolute Gasteiger partial charge is 0.223 e. The second-order valence-electron chi connectivity index (χ2n) is 3.75. The molecule has 0 aromatic carbocycles. The van der Waals surface area contributed by atoms with E-state index in [2.05, 4.69) is 15.3 Å². The first kappa shape index (κ1) is 15.2. The molecule has 0 fully saturated rings. The van der Waals surface area contributed by atoms with E-state index in [4.69, 9.17) is 0 Å². The zero-order chi connectivity index (χ0) is 13.6. The fraction of sp³-hybridized carbons (Fsp3) is 0.600. The van der Waals surface area contributed by atoms with E-state index in [1.54, 1.807) is 0 Å². The summed E-state index contributed by atoms with van der Waals surface area (Å²) in [5.74, 6) is 0.106. The number of nitrogens with zero attached hydrogens (tertiary/aromatic N) is 2. The molecule has 0 aliphatic carbocycles. The van der Waals surface area contributed by atoms with Crippen LogP contribution in [0.4, 0.5) is 10.3 Å². The van der Waals surface area contributed by atoms with Crippen molar-refractivity contribution in [2.75, 3.05) is 29.6 Å². The van der Waals surface area contributed by atoms with Crippen molar-refractivity contribution < 1.29 is 12.8 Å². The molecule has 1 heterocycles. The number of sulfone groups is 1. The van der Waals surface area contributed by atoms with Crippen molar-refractivity contribution in [2.45, 2.75) is 18.4 Å². The molecule has 1 N–H and O–H groups in total. The van der Waals surface area contributed by atoms with Crippen molar-refractivity contribution in [3.63, 3.8) is 0 Å². The number of hydrogen-bond donors (Lipinski definition) is 1. The Morgan fingerprint density at radius 2 is 2.22 bits per heavy atom. The minimum absolute atomic E-state index is 0.00116. The largest absolute Gasteiger partial charge is 0.354 e. The fourth-order valence-corrected chi connectivity index (χ4v) is 3.14. The van der Waals surface area contributed by atoms with E-state index >= 15 is 0 Å². The average Bonchev–Trinajstić information content (AvgIpc) is 2.28. The third kappa shape index (κ3) is 5.63. The summed E-state index contributed by atoms with van der Waals surface area (Å²) in [5.41, 5.74) is 0. The molecule has 102 valence electrons. The molecule has 1 aromatic rings. The topological polar surface area (TPSA) is 72.0 Å². The van der Waals surface area contributed by atoms with Gasteiger partial charge in [0.25, 0.3) is 0 Å². The number of nitrogens with one attached hydrogen (secondary N) is 1. The maximum atomic E-state index is 13.4. The lowest BCUT2D eigenvalue weighted by molar-refractivity contribution is 0.579. The van der Waals surface area contributed by atoms with Crippen LogP contribution in [0.5, 0.6) is 0 Å². The first-order valence-corrected chi connectivity index (χ1v) is 8.54. The zero-order valence-electron chi connectivity index (χ0n) is 10.3. The van der Waals surface area contributed by atoms with Gasteiger partial charge in [0.15, 0.2) is 5.82 Å². The summed E-state index contributed by atoms with van der Waals surface area (Å²) in [4.78, 5) is 7.80. The number of halogens is 1. The lowest BCUT2D eigenvalue weighted by atomic mass is 10.5. The third-order valence-corrected chi connectivity index (χ3v) is 4.11. The second-order valence-corrected chi connectivity index (χ2v) is 7.10. The highest BCUT2D eigenvalue weighted by Gasteiger charge is 2.09. The summed E-state index contributed by atoms with van der Waals surface area (Å²) in [6.07, 6.45) is 3.16. The average molecular weight is 293 g/mol. The van der Waals surface area contributed by atoms with Crippen LogP contribution < -0.4 is 5.32 Å². The van der Waals surface area contributed by atoms with Crippen LogP contribution in [-0.2, 0) is 9.84 Å². The van der Waals surface area contributed by atoms with Crippen LogP contribution in [0.15, 0.2) is 11.2 Å². The summed E-state index contributed by atoms with van der Waals surface area (Å²) in [6.45, 7) is 2.71. The van der Waals surface area contributed by atoms with Gasteiger partial charge in [-0.2, -0.15) is 0 Å². The van der Waals surface area contributed by atoms with Gasteiger partial charge in [0.05, 0.1) is 11.9 Å². The van der Waals surface area contributed by atoms with Gasteiger partial charge in [-0.1, -0.05) is 6.92 Å². The van der Waals surface area contributed by atoms with Crippen molar-refractivity contribution >= 4 is 27.5 Å². The lowest BCUT2D eigenvalue weighted by Gasteiger charge is -2.05. The molecule has 0 saturated carbocycles. The molecule has 0 aliphatic rings. The van der Waals surface area contributed by atoms with E-state index in [1.807, 2.05) is 6.92 Å². The van der Waals surface area contributed by atoms with E-state index in [1.165, 1.54) is 0 Å². The molecule has 1 aromatic heterocycles. The highest BCUT2D eigenvalue weighted by Crippen LogP contribution is 2.20. The molecule has 8 heteroatoms. The maximum Gasteiger partial charge on any atom is 0.223 e. The maximum absolute atomic E-state index is 13.4. The SMILES string of the molecule is CCCNc1ncc(F)c(SCCS(C)(=O)=O)n1. The first-order valence-electron chi connectivity index (χ1n) is 5.49. The third-order valence-electron chi connectivity index (χ3n) is 1.94. The van der Waals surface area contributed by atoms with Gasteiger partial charge in [-0.15, -0.1) is 11.8 Å². The van der Waals surface area contributed by atoms with Crippen LogP contribution in [-0.4, -0.2) is 42.7 Å². The summed E-state index contributed by atoms with van der Waals surface area (Å²) in [6, 6.07) is 0. The van der Waals surface area contributed by atoms with Gasteiger partial charge in [0.1, 0.15) is 14.9 Å². The number of hydrogen-bond acceptors (Lipinski definition) is 6. The monoisotopic (exact) mass is 293 g/mol. The van der Waals surface area contributed by atoms with Gasteiger partial charge in [-0.25, -0.2) is 22.8 Å². The van der Waals surface area contributed by atoms with Crippen molar-refractivity contribution in [1.82, 2.24) is 9.97 Å². The summed E-state index contributed by atoms with van der Waals surface area (Å²) in [7, 11) is -3.03. The van der Waals surface area contributed by atoms with Gasteiger partial charge in [0, 0.05) is 18.6 Å². The summed E-state index contributed by atoms with van der Waals surface area (Å²) in [5, 5.41) is 3.12. The summed E-state index contributed by atoms with van der Waals surface area (Å²) >= 11 is 1.08. The molecule has 0 spiro atoms. The highest BCUT2D eigenvalue weighted by molar-refractivity contribution is 8.00. The Kier molecular flexibility index (Phi) is 5.80. The Bertz CT molecular complexity index is 494. The lowest BCUT2D eigenvalue weighted by Crippen LogP contribution is -2.07. The van der Waals surface area contributed by atoms with Crippen LogP contribution in [0.3, 0.4) is 0 Å². The van der Waals surface area contributed by atoms with E-state index in [0.717, 1.165) is 30.6 Å². The molecule has 0 atom stereocenters. The van der Waals surface area contributed by atoms with Crippen LogP contribution in [0.2, 0.25) is 0 Å². The number of thioether (sulfide) groups is 1. The molecule has 1 rings (SSSR count). The predicted octanol–water partition coefficient (Wildman–Crippen LogP) is 1.57. The van der Waals surface area contributed by atoms with Gasteiger partial charge in [-0.3, -0.25) is 0 Å². The van der Waals surface area contributed by atoms with Crippen LogP contribution >= 0.6 is 11.8 Å². The van der Waals surface area contributed by atoms with E-state index in [-0.39, 0.29) is 16.5 Å². The van der Waals surface area contributed by atoms with Gasteiger partial charge in [-0.05, 0) is 6.42 Å². The van der Waals surface area contributed by atoms with E-state index in [0.29, 0.717) is 12.5 Å². The molecule has 0 bridgehead atoms. The summed E-state index contributed by atoms with van der Waals surface area (Å²) < 4.78 is 35.3. The van der Waals surface area contributed by atoms with Crippen molar-refractivity contribution in [3.05, 3.63) is 12.0 Å². The quantitative estimate of drug-likeness (QED) is 0.608. The molecular weight excluding hydrogens is 277 g/mol. The molecule has 5 nitrogen and oxygen atoms in total. The van der Waals surface area contributed by atoms with Crippen LogP contribution in [0.1, 0.15) is 13.3 Å². The molecular formula is C10H16FN3O2S2. The van der Waals surface area contributed by atoms with Gasteiger partial charge in [0.2, 0.25) is 5.95 Å². The van der Waals surface area contributed by atoms with E-state index in [9.17, 15) is 12.8 Å². The molecule has 18 heavy (non-hydrogen) atoms. The van der Waals surface area contributed by atoms with Crippen molar-refractivity contribution in [2.24, 2.45) is 0 Å². The first-order chi connectivity index (χ1) is 8.42. The molecule has 0 unspecified atom stereocenters. The Balaban J connectivity index is 2.63. The van der Waals surface area contributed by atoms with Gasteiger partial charge >= 0.3 is 0 Å². The predicted molar refractivity (Wildman–Crippen MR) is 71.2 cm³/mol. The van der Waals surface area contributed by atoms with Gasteiger partial charge < -0.3 is 5.32 Å². The highest BCUT2D eigenvalue weighted by atomic mass is 32.2. The number of rotatable bonds is 7. The van der Waals surface area contributed by atoms with E-state index < -0.39 is 15.7 Å². The Hall–Kier alpha value is -0.890. The number of aromatic nitrogens is 2. The normalized spacial score (nSPS) is 11.5. The van der Waals surface area contributed by atoms with Crippen molar-refractivity contribution in [3.8, 4) is 0 Å². The molecule has 0 amide bonds. The second kappa shape index (κ2) is 6.89. The zero-order valence-corrected chi connectivity index (χ0v) is 11.9.